The van der Waals surface area contributed by atoms with Gasteiger partial charge in [-0.3, -0.25) is 0 Å². The SMILES string of the molecule is COc1cc(C(c2ccc(C(c3cc(CO)c(O)c(OC)c3)c3cc(CO)c(O)c(C(C)O)c3)cc2)c2cc(CO)c(O)c(CO)c2)cc(CO)c1O. The number of rotatable bonds is 14. The van der Waals surface area contributed by atoms with Crippen LogP contribution in [0.2, 0.25) is 0 Å². The van der Waals surface area contributed by atoms with Crippen molar-refractivity contribution >= 4 is 0 Å². The summed E-state index contributed by atoms with van der Waals surface area (Å²) in [5, 5.41) is 104. The molecule has 0 aliphatic carbocycles. The Kier molecular flexibility index (Phi) is 12.1. The first kappa shape index (κ1) is 38.9. The van der Waals surface area contributed by atoms with Crippen molar-refractivity contribution in [2.24, 2.45) is 0 Å². The molecule has 5 rings (SSSR count). The first-order valence-corrected chi connectivity index (χ1v) is 16.8. The van der Waals surface area contributed by atoms with Crippen LogP contribution in [0.15, 0.2) is 72.8 Å². The third-order valence-electron chi connectivity index (χ3n) is 9.56. The van der Waals surface area contributed by atoms with Crippen molar-refractivity contribution in [2.75, 3.05) is 14.2 Å². The average molecular weight is 729 g/mol. The van der Waals surface area contributed by atoms with Crippen LogP contribution in [-0.4, -0.2) is 65.3 Å². The molecule has 5 aromatic carbocycles. The molecule has 3 unspecified atom stereocenters. The molecule has 3 atom stereocenters. The lowest BCUT2D eigenvalue weighted by Crippen LogP contribution is -2.10. The molecule has 0 radical (unpaired) electrons. The maximum atomic E-state index is 10.8. The summed E-state index contributed by atoms with van der Waals surface area (Å²) in [6.07, 6.45) is -1.09. The second-order valence-electron chi connectivity index (χ2n) is 12.8. The molecule has 10 N–H and O–H groups in total. The average Bonchev–Trinajstić information content (AvgIpc) is 3.17. The standard InChI is InChI=1S/C41H44O12/c1-21(47)33-13-25(10-30(18-44)39(33)49)37(27-12-32(20-46)41(51)35(15-27)53-3)23-6-4-22(5-7-23)36(24-8-28(16-42)38(48)29(9-24)17-43)26-11-31(19-45)40(50)34(14-26)52-2/h4-15,21,36-37,42-51H,16-20H2,1-3H3. The first-order valence-electron chi connectivity index (χ1n) is 16.8. The van der Waals surface area contributed by atoms with Crippen LogP contribution < -0.4 is 9.47 Å². The number of methoxy groups -OCH3 is 2. The zero-order valence-electron chi connectivity index (χ0n) is 29.5. The zero-order chi connectivity index (χ0) is 38.6. The summed E-state index contributed by atoms with van der Waals surface area (Å²) < 4.78 is 10.9. The van der Waals surface area contributed by atoms with Crippen molar-refractivity contribution < 1.29 is 60.5 Å². The molecule has 0 saturated carbocycles. The molecular formula is C41H44O12. The van der Waals surface area contributed by atoms with Gasteiger partial charge in [0.2, 0.25) is 0 Å². The highest BCUT2D eigenvalue weighted by atomic mass is 16.5. The topological polar surface area (TPSA) is 221 Å². The van der Waals surface area contributed by atoms with E-state index in [4.69, 9.17) is 9.47 Å². The van der Waals surface area contributed by atoms with E-state index in [2.05, 4.69) is 0 Å². The van der Waals surface area contributed by atoms with Gasteiger partial charge in [-0.15, -0.1) is 0 Å². The Balaban J connectivity index is 1.78. The van der Waals surface area contributed by atoms with Gasteiger partial charge in [0, 0.05) is 45.2 Å². The first-order chi connectivity index (χ1) is 25.4. The lowest BCUT2D eigenvalue weighted by atomic mass is 9.79. The Morgan fingerprint density at radius 3 is 1.06 bits per heavy atom. The fourth-order valence-corrected chi connectivity index (χ4v) is 6.84. The van der Waals surface area contributed by atoms with E-state index >= 15 is 0 Å². The highest BCUT2D eigenvalue weighted by Gasteiger charge is 2.27. The van der Waals surface area contributed by atoms with Crippen molar-refractivity contribution in [3.8, 4) is 34.5 Å². The van der Waals surface area contributed by atoms with Crippen molar-refractivity contribution in [3.05, 3.63) is 140 Å². The molecule has 5 aromatic rings. The Morgan fingerprint density at radius 2 is 0.736 bits per heavy atom. The Bertz CT molecular complexity index is 1940. The van der Waals surface area contributed by atoms with E-state index < -0.39 is 51.0 Å². The quantitative estimate of drug-likeness (QED) is 0.0720. The number of hydrogen-bond acceptors (Lipinski definition) is 12. The van der Waals surface area contributed by atoms with E-state index in [0.717, 1.165) is 0 Å². The number of benzene rings is 5. The highest BCUT2D eigenvalue weighted by molar-refractivity contribution is 5.58. The Morgan fingerprint density at radius 1 is 0.434 bits per heavy atom. The van der Waals surface area contributed by atoms with Gasteiger partial charge >= 0.3 is 0 Å². The van der Waals surface area contributed by atoms with Crippen LogP contribution in [0, 0.1) is 0 Å². The fourth-order valence-electron chi connectivity index (χ4n) is 6.84. The van der Waals surface area contributed by atoms with Crippen LogP contribution in [0.1, 0.15) is 91.6 Å². The number of hydrogen-bond donors (Lipinski definition) is 10. The van der Waals surface area contributed by atoms with Crippen molar-refractivity contribution in [1.82, 2.24) is 0 Å². The van der Waals surface area contributed by atoms with Crippen LogP contribution in [0.5, 0.6) is 34.5 Å². The maximum absolute atomic E-state index is 10.8. The van der Waals surface area contributed by atoms with E-state index in [1.165, 1.54) is 21.1 Å². The molecule has 12 nitrogen and oxygen atoms in total. The molecule has 12 heteroatoms. The third kappa shape index (κ3) is 7.60. The molecule has 0 aliphatic rings. The molecule has 280 valence electrons. The van der Waals surface area contributed by atoms with Crippen LogP contribution in [0.4, 0.5) is 0 Å². The Hall–Kier alpha value is -5.34. The number of phenols is 4. The van der Waals surface area contributed by atoms with Crippen LogP contribution in [0.3, 0.4) is 0 Å². The van der Waals surface area contributed by atoms with Gasteiger partial charge in [0.05, 0.1) is 53.4 Å². The van der Waals surface area contributed by atoms with Gasteiger partial charge in [0.15, 0.2) is 23.0 Å². The number of aromatic hydroxyl groups is 4. The minimum atomic E-state index is -1.09. The van der Waals surface area contributed by atoms with Crippen LogP contribution in [-0.2, 0) is 33.0 Å². The number of aliphatic hydroxyl groups is 6. The highest BCUT2D eigenvalue weighted by Crippen LogP contribution is 2.44. The van der Waals surface area contributed by atoms with E-state index in [1.54, 1.807) is 48.5 Å². The van der Waals surface area contributed by atoms with Crippen molar-refractivity contribution in [1.29, 1.82) is 0 Å². The maximum Gasteiger partial charge on any atom is 0.163 e. The van der Waals surface area contributed by atoms with Gasteiger partial charge in [-0.05, 0) is 88.8 Å². The van der Waals surface area contributed by atoms with Crippen molar-refractivity contribution in [2.45, 2.75) is 57.9 Å². The van der Waals surface area contributed by atoms with Gasteiger partial charge in [-0.2, -0.15) is 0 Å². The van der Waals surface area contributed by atoms with Crippen molar-refractivity contribution in [3.63, 3.8) is 0 Å². The summed E-state index contributed by atoms with van der Waals surface area (Å²) in [5.41, 5.74) is 4.81. The van der Waals surface area contributed by atoms with Crippen LogP contribution in [0.25, 0.3) is 0 Å². The molecule has 0 aliphatic heterocycles. The number of aliphatic hydroxyl groups excluding tert-OH is 6. The number of ether oxygens (including phenoxy) is 2. The van der Waals surface area contributed by atoms with Gasteiger partial charge < -0.3 is 60.5 Å². The van der Waals surface area contributed by atoms with Gasteiger partial charge in [-0.1, -0.05) is 24.3 Å². The summed E-state index contributed by atoms with van der Waals surface area (Å²) in [6, 6.07) is 20.3. The summed E-state index contributed by atoms with van der Waals surface area (Å²) in [7, 11) is 2.77. The lowest BCUT2D eigenvalue weighted by Gasteiger charge is -2.25. The van der Waals surface area contributed by atoms with E-state index in [-0.39, 0.29) is 67.9 Å². The molecule has 0 spiro atoms. The van der Waals surface area contributed by atoms with E-state index in [9.17, 15) is 51.1 Å². The largest absolute Gasteiger partial charge is 0.507 e. The zero-order valence-corrected chi connectivity index (χ0v) is 29.5. The minimum Gasteiger partial charge on any atom is -0.507 e. The van der Waals surface area contributed by atoms with Gasteiger partial charge in [0.1, 0.15) is 11.5 Å². The molecule has 0 saturated heterocycles. The molecule has 53 heavy (non-hydrogen) atoms. The second-order valence-corrected chi connectivity index (χ2v) is 12.8. The normalized spacial score (nSPS) is 13.1. The molecule has 0 fully saturated rings. The second kappa shape index (κ2) is 16.6. The third-order valence-corrected chi connectivity index (χ3v) is 9.56. The fraction of sp³-hybridized carbons (Fsp3) is 0.268. The Labute approximate surface area is 306 Å². The predicted octanol–water partition coefficient (Wildman–Crippen LogP) is 4.40. The van der Waals surface area contributed by atoms with Gasteiger partial charge in [-0.25, -0.2) is 0 Å². The monoisotopic (exact) mass is 728 g/mol. The summed E-state index contributed by atoms with van der Waals surface area (Å²) >= 11 is 0. The summed E-state index contributed by atoms with van der Waals surface area (Å²) in [5.74, 6) is -2.03. The molecule has 0 heterocycles. The lowest BCUT2D eigenvalue weighted by molar-refractivity contribution is 0.193. The summed E-state index contributed by atoms with van der Waals surface area (Å²) in [6.45, 7) is -1.04. The molecule has 0 aromatic heterocycles. The smallest absolute Gasteiger partial charge is 0.163 e. The van der Waals surface area contributed by atoms with E-state index in [0.29, 0.717) is 33.4 Å². The van der Waals surface area contributed by atoms with E-state index in [1.807, 2.05) is 24.3 Å². The molecule has 0 bridgehead atoms. The molecular weight excluding hydrogens is 684 g/mol. The molecule has 0 amide bonds. The predicted molar refractivity (Wildman–Crippen MR) is 194 cm³/mol. The van der Waals surface area contributed by atoms with Gasteiger partial charge in [0.25, 0.3) is 0 Å². The van der Waals surface area contributed by atoms with Crippen LogP contribution >= 0.6 is 0 Å². The summed E-state index contributed by atoms with van der Waals surface area (Å²) in [4.78, 5) is 0. The minimum absolute atomic E-state index is 0.109.